The van der Waals surface area contributed by atoms with E-state index in [1.807, 2.05) is 12.3 Å². The lowest BCUT2D eigenvalue weighted by Gasteiger charge is -2.31. The maximum atomic E-state index is 5.11. The van der Waals surface area contributed by atoms with Crippen molar-refractivity contribution >= 4 is 0 Å². The van der Waals surface area contributed by atoms with E-state index in [0.717, 1.165) is 19.6 Å². The van der Waals surface area contributed by atoms with Crippen molar-refractivity contribution in [3.05, 3.63) is 24.2 Å². The number of likely N-dealkylation sites (N-methyl/N-ethyl adjacent to an activating group) is 1. The zero-order valence-corrected chi connectivity index (χ0v) is 11.6. The number of furan rings is 1. The summed E-state index contributed by atoms with van der Waals surface area (Å²) in [5.74, 6) is 0.649. The molecule has 1 aromatic rings. The number of hydrogen-bond acceptors (Lipinski definition) is 3. The summed E-state index contributed by atoms with van der Waals surface area (Å²) in [6.45, 7) is 9.87. The molecular formula is C14H26N2O. The van der Waals surface area contributed by atoms with E-state index in [9.17, 15) is 0 Å². The van der Waals surface area contributed by atoms with Crippen LogP contribution < -0.4 is 5.32 Å². The fourth-order valence-corrected chi connectivity index (χ4v) is 2.12. The van der Waals surface area contributed by atoms with E-state index < -0.39 is 0 Å². The minimum Gasteiger partial charge on any atom is -0.472 e. The molecule has 0 aliphatic carbocycles. The average Bonchev–Trinajstić information content (AvgIpc) is 2.76. The zero-order chi connectivity index (χ0) is 12.7. The molecule has 0 saturated heterocycles. The third-order valence-electron chi connectivity index (χ3n) is 3.13. The largest absolute Gasteiger partial charge is 0.472 e. The summed E-state index contributed by atoms with van der Waals surface area (Å²) in [5, 5.41) is 3.51. The van der Waals surface area contributed by atoms with Gasteiger partial charge in [-0.05, 0) is 32.0 Å². The molecule has 0 aromatic carbocycles. The molecule has 1 aromatic heterocycles. The monoisotopic (exact) mass is 238 g/mol. The van der Waals surface area contributed by atoms with Gasteiger partial charge in [0.05, 0.1) is 12.5 Å². The lowest BCUT2D eigenvalue weighted by atomic mass is 10.0. The molecule has 0 bridgehead atoms. The highest BCUT2D eigenvalue weighted by Crippen LogP contribution is 2.12. The van der Waals surface area contributed by atoms with Crippen molar-refractivity contribution in [3.63, 3.8) is 0 Å². The SMILES string of the molecule is CCCNCC(C(C)C)N(C)Cc1ccoc1. The Labute approximate surface area is 105 Å². The Hall–Kier alpha value is -0.800. The summed E-state index contributed by atoms with van der Waals surface area (Å²) in [7, 11) is 2.19. The van der Waals surface area contributed by atoms with E-state index >= 15 is 0 Å². The Morgan fingerprint density at radius 2 is 2.18 bits per heavy atom. The van der Waals surface area contributed by atoms with Gasteiger partial charge in [0.1, 0.15) is 0 Å². The molecule has 3 heteroatoms. The van der Waals surface area contributed by atoms with Crippen LogP contribution in [-0.4, -0.2) is 31.1 Å². The molecule has 0 aliphatic heterocycles. The molecule has 0 radical (unpaired) electrons. The van der Waals surface area contributed by atoms with Gasteiger partial charge in [-0.2, -0.15) is 0 Å². The van der Waals surface area contributed by atoms with Crippen LogP contribution in [0.1, 0.15) is 32.8 Å². The van der Waals surface area contributed by atoms with Crippen LogP contribution in [0.15, 0.2) is 23.0 Å². The second-order valence-electron chi connectivity index (χ2n) is 5.06. The molecule has 0 fully saturated rings. The molecule has 0 amide bonds. The highest BCUT2D eigenvalue weighted by atomic mass is 16.3. The van der Waals surface area contributed by atoms with Gasteiger partial charge in [0.15, 0.2) is 0 Å². The lowest BCUT2D eigenvalue weighted by molar-refractivity contribution is 0.179. The number of hydrogen-bond donors (Lipinski definition) is 1. The van der Waals surface area contributed by atoms with Crippen molar-refractivity contribution in [2.75, 3.05) is 20.1 Å². The molecule has 1 N–H and O–H groups in total. The molecule has 1 unspecified atom stereocenters. The van der Waals surface area contributed by atoms with Crippen LogP contribution in [0, 0.1) is 5.92 Å². The Morgan fingerprint density at radius 1 is 1.41 bits per heavy atom. The summed E-state index contributed by atoms with van der Waals surface area (Å²) < 4.78 is 5.11. The normalized spacial score (nSPS) is 13.5. The van der Waals surface area contributed by atoms with Gasteiger partial charge < -0.3 is 9.73 Å². The average molecular weight is 238 g/mol. The van der Waals surface area contributed by atoms with Crippen molar-refractivity contribution in [1.29, 1.82) is 0 Å². The predicted molar refractivity (Wildman–Crippen MR) is 72.0 cm³/mol. The van der Waals surface area contributed by atoms with Gasteiger partial charge in [0, 0.05) is 24.7 Å². The van der Waals surface area contributed by atoms with E-state index in [-0.39, 0.29) is 0 Å². The molecule has 0 aliphatic rings. The van der Waals surface area contributed by atoms with Crippen molar-refractivity contribution in [3.8, 4) is 0 Å². The third-order valence-corrected chi connectivity index (χ3v) is 3.13. The van der Waals surface area contributed by atoms with Crippen molar-refractivity contribution in [2.24, 2.45) is 5.92 Å². The summed E-state index contributed by atoms with van der Waals surface area (Å²) in [4.78, 5) is 2.40. The van der Waals surface area contributed by atoms with E-state index in [0.29, 0.717) is 12.0 Å². The van der Waals surface area contributed by atoms with Crippen LogP contribution in [0.2, 0.25) is 0 Å². The topological polar surface area (TPSA) is 28.4 Å². The first-order chi connectivity index (χ1) is 8.15. The molecule has 3 nitrogen and oxygen atoms in total. The first-order valence-corrected chi connectivity index (χ1v) is 6.57. The molecule has 1 heterocycles. The summed E-state index contributed by atoms with van der Waals surface area (Å²) in [6.07, 6.45) is 4.76. The smallest absolute Gasteiger partial charge is 0.0947 e. The van der Waals surface area contributed by atoms with Gasteiger partial charge in [-0.15, -0.1) is 0 Å². The van der Waals surface area contributed by atoms with Crippen molar-refractivity contribution in [1.82, 2.24) is 10.2 Å². The first-order valence-electron chi connectivity index (χ1n) is 6.57. The zero-order valence-electron chi connectivity index (χ0n) is 11.6. The quantitative estimate of drug-likeness (QED) is 0.706. The number of nitrogens with zero attached hydrogens (tertiary/aromatic N) is 1. The molecule has 0 saturated carbocycles. The minimum atomic E-state index is 0.566. The van der Waals surface area contributed by atoms with Gasteiger partial charge in [-0.3, -0.25) is 4.90 Å². The standard InChI is InChI=1S/C14H26N2O/c1-5-7-15-9-14(12(2)3)16(4)10-13-6-8-17-11-13/h6,8,11-12,14-15H,5,7,9-10H2,1-4H3. The maximum Gasteiger partial charge on any atom is 0.0947 e. The predicted octanol–water partition coefficient (Wildman–Crippen LogP) is 2.74. The van der Waals surface area contributed by atoms with Crippen LogP contribution >= 0.6 is 0 Å². The van der Waals surface area contributed by atoms with E-state index in [1.165, 1.54) is 12.0 Å². The van der Waals surface area contributed by atoms with E-state index in [1.54, 1.807) is 6.26 Å². The van der Waals surface area contributed by atoms with Gasteiger partial charge in [0.25, 0.3) is 0 Å². The highest BCUT2D eigenvalue weighted by Gasteiger charge is 2.18. The fraction of sp³-hybridized carbons (Fsp3) is 0.714. The van der Waals surface area contributed by atoms with E-state index in [4.69, 9.17) is 4.42 Å². The molecule has 1 atom stereocenters. The van der Waals surface area contributed by atoms with E-state index in [2.05, 4.69) is 38.0 Å². The summed E-state index contributed by atoms with van der Waals surface area (Å²) >= 11 is 0. The molecule has 0 spiro atoms. The van der Waals surface area contributed by atoms with Crippen LogP contribution in [-0.2, 0) is 6.54 Å². The van der Waals surface area contributed by atoms with Crippen LogP contribution in [0.5, 0.6) is 0 Å². The Bertz CT molecular complexity index is 282. The molecular weight excluding hydrogens is 212 g/mol. The lowest BCUT2D eigenvalue weighted by Crippen LogP contribution is -2.43. The number of rotatable bonds is 8. The third kappa shape index (κ3) is 4.92. The second kappa shape index (κ2) is 7.51. The van der Waals surface area contributed by atoms with Crippen LogP contribution in [0.3, 0.4) is 0 Å². The number of nitrogens with one attached hydrogen (secondary N) is 1. The van der Waals surface area contributed by atoms with Gasteiger partial charge in [0.2, 0.25) is 0 Å². The van der Waals surface area contributed by atoms with Crippen LogP contribution in [0.4, 0.5) is 0 Å². The Balaban J connectivity index is 2.45. The van der Waals surface area contributed by atoms with Gasteiger partial charge in [-0.25, -0.2) is 0 Å². The summed E-state index contributed by atoms with van der Waals surface area (Å²) in [5.41, 5.74) is 1.24. The first kappa shape index (κ1) is 14.3. The Morgan fingerprint density at radius 3 is 2.71 bits per heavy atom. The molecule has 17 heavy (non-hydrogen) atoms. The Kier molecular flexibility index (Phi) is 6.30. The van der Waals surface area contributed by atoms with Crippen molar-refractivity contribution < 1.29 is 4.42 Å². The highest BCUT2D eigenvalue weighted by molar-refractivity contribution is 5.05. The minimum absolute atomic E-state index is 0.566. The fourth-order valence-electron chi connectivity index (χ4n) is 2.12. The summed E-state index contributed by atoms with van der Waals surface area (Å²) in [6, 6.07) is 2.60. The van der Waals surface area contributed by atoms with Crippen LogP contribution in [0.25, 0.3) is 0 Å². The second-order valence-corrected chi connectivity index (χ2v) is 5.06. The molecule has 98 valence electrons. The van der Waals surface area contributed by atoms with Gasteiger partial charge in [-0.1, -0.05) is 20.8 Å². The molecule has 1 rings (SSSR count). The maximum absolute atomic E-state index is 5.11. The van der Waals surface area contributed by atoms with Crippen molar-refractivity contribution in [2.45, 2.75) is 39.8 Å². The van der Waals surface area contributed by atoms with Gasteiger partial charge >= 0.3 is 0 Å².